The number of fused-ring (bicyclic) bond motifs is 1. The quantitative estimate of drug-likeness (QED) is 0.691. The van der Waals surface area contributed by atoms with Crippen molar-refractivity contribution in [2.24, 2.45) is 0 Å². The Balaban J connectivity index is 2.07. The summed E-state index contributed by atoms with van der Waals surface area (Å²) in [5, 5.41) is 10.5. The number of esters is 1. The lowest BCUT2D eigenvalue weighted by Gasteiger charge is -2.12. The van der Waals surface area contributed by atoms with Gasteiger partial charge in [0.25, 0.3) is 0 Å². The van der Waals surface area contributed by atoms with Crippen LogP contribution in [0.1, 0.15) is 35.9 Å². The molecule has 6 heteroatoms. The molecule has 0 spiro atoms. The van der Waals surface area contributed by atoms with E-state index < -0.39 is 12.1 Å². The average molecular weight is 354 g/mol. The maximum Gasteiger partial charge on any atom is 0.338 e. The van der Waals surface area contributed by atoms with Gasteiger partial charge < -0.3 is 9.84 Å². The summed E-state index contributed by atoms with van der Waals surface area (Å²) in [6.45, 7) is 4.53. The van der Waals surface area contributed by atoms with Gasteiger partial charge in [0.2, 0.25) is 0 Å². The molecule has 0 saturated carbocycles. The Bertz CT molecular complexity index is 973. The summed E-state index contributed by atoms with van der Waals surface area (Å²) in [7, 11) is 0. The first-order valence-corrected chi connectivity index (χ1v) is 8.70. The van der Waals surface area contributed by atoms with Gasteiger partial charge in [0, 0.05) is 6.54 Å². The number of aryl methyl sites for hydroxylation is 1. The second kappa shape index (κ2) is 7.58. The number of nitrogens with zero attached hydrogens (tertiary/aromatic N) is 2. The number of benzene rings is 2. The van der Waals surface area contributed by atoms with Crippen LogP contribution < -0.4 is 5.69 Å². The molecular formula is C20H22N2O4. The van der Waals surface area contributed by atoms with E-state index in [4.69, 9.17) is 4.74 Å². The number of aromatic nitrogens is 2. The number of ether oxygens (including phenoxy) is 1. The molecule has 0 aliphatic carbocycles. The first-order chi connectivity index (χ1) is 12.6. The van der Waals surface area contributed by atoms with Crippen molar-refractivity contribution < 1.29 is 14.6 Å². The summed E-state index contributed by atoms with van der Waals surface area (Å²) in [4.78, 5) is 24.8. The first kappa shape index (κ1) is 17.9. The van der Waals surface area contributed by atoms with Gasteiger partial charge in [-0.3, -0.25) is 9.13 Å². The number of aliphatic hydroxyl groups is 1. The highest BCUT2D eigenvalue weighted by atomic mass is 16.5. The van der Waals surface area contributed by atoms with Crippen LogP contribution >= 0.6 is 0 Å². The topological polar surface area (TPSA) is 73.5 Å². The van der Waals surface area contributed by atoms with Gasteiger partial charge in [0.05, 0.1) is 35.9 Å². The third-order valence-electron chi connectivity index (χ3n) is 4.39. The number of hydrogen-bond donors (Lipinski definition) is 1. The van der Waals surface area contributed by atoms with Gasteiger partial charge in [-0.05, 0) is 37.6 Å². The number of imidazole rings is 1. The number of hydrogen-bond acceptors (Lipinski definition) is 4. The van der Waals surface area contributed by atoms with Crippen LogP contribution in [0.4, 0.5) is 0 Å². The molecule has 1 unspecified atom stereocenters. The van der Waals surface area contributed by atoms with Gasteiger partial charge in [-0.15, -0.1) is 0 Å². The molecule has 1 aromatic heterocycles. The van der Waals surface area contributed by atoms with E-state index in [9.17, 15) is 14.7 Å². The van der Waals surface area contributed by atoms with Crippen molar-refractivity contribution in [2.45, 2.75) is 33.0 Å². The highest BCUT2D eigenvalue weighted by molar-refractivity contribution is 5.93. The Morgan fingerprint density at radius 1 is 1.08 bits per heavy atom. The predicted molar refractivity (Wildman–Crippen MR) is 99.2 cm³/mol. The third kappa shape index (κ3) is 3.28. The molecule has 0 amide bonds. The van der Waals surface area contributed by atoms with E-state index in [0.29, 0.717) is 17.6 Å². The van der Waals surface area contributed by atoms with E-state index in [1.807, 2.05) is 37.3 Å². The van der Waals surface area contributed by atoms with Gasteiger partial charge in [-0.25, -0.2) is 9.59 Å². The lowest BCUT2D eigenvalue weighted by molar-refractivity contribution is 0.0526. The molecule has 2 aromatic carbocycles. The fourth-order valence-corrected chi connectivity index (χ4v) is 3.10. The standard InChI is InChI=1S/C20H22N2O4/c1-3-21-16-11-10-15(19(24)26-4-2)12-17(16)22(20(21)25)13-18(23)14-8-6-5-7-9-14/h5-12,18,23H,3-4,13H2,1-2H3. The fraction of sp³-hybridized carbons (Fsp3) is 0.300. The number of aliphatic hydroxyl groups excluding tert-OH is 1. The highest BCUT2D eigenvalue weighted by Crippen LogP contribution is 2.20. The summed E-state index contributed by atoms with van der Waals surface area (Å²) in [5.41, 5.74) is 2.25. The third-order valence-corrected chi connectivity index (χ3v) is 4.39. The molecule has 1 N–H and O–H groups in total. The maximum absolute atomic E-state index is 12.8. The molecule has 3 aromatic rings. The van der Waals surface area contributed by atoms with E-state index >= 15 is 0 Å². The van der Waals surface area contributed by atoms with Crippen LogP contribution in [0.25, 0.3) is 11.0 Å². The Morgan fingerprint density at radius 2 is 1.81 bits per heavy atom. The van der Waals surface area contributed by atoms with Crippen LogP contribution in [0.3, 0.4) is 0 Å². The molecule has 0 radical (unpaired) electrons. The highest BCUT2D eigenvalue weighted by Gasteiger charge is 2.18. The van der Waals surface area contributed by atoms with Crippen molar-refractivity contribution >= 4 is 17.0 Å². The van der Waals surface area contributed by atoms with Crippen LogP contribution in [0.15, 0.2) is 53.3 Å². The molecule has 26 heavy (non-hydrogen) atoms. The lowest BCUT2D eigenvalue weighted by atomic mass is 10.1. The van der Waals surface area contributed by atoms with E-state index in [0.717, 1.165) is 11.1 Å². The van der Waals surface area contributed by atoms with Gasteiger partial charge in [-0.1, -0.05) is 30.3 Å². The molecule has 0 aliphatic heterocycles. The Kier molecular flexibility index (Phi) is 5.23. The minimum absolute atomic E-state index is 0.110. The van der Waals surface area contributed by atoms with Crippen molar-refractivity contribution in [3.8, 4) is 0 Å². The monoisotopic (exact) mass is 354 g/mol. The molecule has 0 fully saturated rings. The molecule has 0 aliphatic rings. The minimum atomic E-state index is -0.823. The molecule has 0 saturated heterocycles. The van der Waals surface area contributed by atoms with Crippen molar-refractivity contribution in [3.63, 3.8) is 0 Å². The van der Waals surface area contributed by atoms with Crippen molar-refractivity contribution in [1.82, 2.24) is 9.13 Å². The van der Waals surface area contributed by atoms with E-state index in [2.05, 4.69) is 0 Å². The van der Waals surface area contributed by atoms with Crippen molar-refractivity contribution in [3.05, 3.63) is 70.1 Å². The Morgan fingerprint density at radius 3 is 2.46 bits per heavy atom. The zero-order valence-corrected chi connectivity index (χ0v) is 14.9. The summed E-state index contributed by atoms with van der Waals surface area (Å²) in [6, 6.07) is 14.2. The molecule has 1 heterocycles. The van der Waals surface area contributed by atoms with Crippen LogP contribution in [0, 0.1) is 0 Å². The smallest absolute Gasteiger partial charge is 0.338 e. The second-order valence-corrected chi connectivity index (χ2v) is 5.99. The zero-order valence-electron chi connectivity index (χ0n) is 14.9. The minimum Gasteiger partial charge on any atom is -0.462 e. The average Bonchev–Trinajstić information content (AvgIpc) is 2.93. The lowest BCUT2D eigenvalue weighted by Crippen LogP contribution is -2.26. The SMILES string of the molecule is CCOC(=O)c1ccc2c(c1)n(CC(O)c1ccccc1)c(=O)n2CC. The largest absolute Gasteiger partial charge is 0.462 e. The van der Waals surface area contributed by atoms with Gasteiger partial charge in [0.1, 0.15) is 0 Å². The Labute approximate surface area is 151 Å². The van der Waals surface area contributed by atoms with E-state index in [1.165, 1.54) is 4.57 Å². The van der Waals surface area contributed by atoms with E-state index in [-0.39, 0.29) is 18.8 Å². The molecule has 6 nitrogen and oxygen atoms in total. The Hall–Kier alpha value is -2.86. The van der Waals surface area contributed by atoms with Gasteiger partial charge >= 0.3 is 11.7 Å². The first-order valence-electron chi connectivity index (χ1n) is 8.70. The molecule has 0 bridgehead atoms. The van der Waals surface area contributed by atoms with Crippen molar-refractivity contribution in [2.75, 3.05) is 6.61 Å². The summed E-state index contributed by atoms with van der Waals surface area (Å²) in [5.74, 6) is -0.429. The number of rotatable bonds is 6. The van der Waals surface area contributed by atoms with Crippen LogP contribution in [-0.2, 0) is 17.8 Å². The fourth-order valence-electron chi connectivity index (χ4n) is 3.10. The number of carbonyl (C=O) groups is 1. The van der Waals surface area contributed by atoms with Crippen LogP contribution in [-0.4, -0.2) is 26.8 Å². The summed E-state index contributed by atoms with van der Waals surface area (Å²) >= 11 is 0. The normalized spacial score (nSPS) is 12.3. The van der Waals surface area contributed by atoms with Gasteiger partial charge in [0.15, 0.2) is 0 Å². The maximum atomic E-state index is 12.8. The number of carbonyl (C=O) groups excluding carboxylic acids is 1. The van der Waals surface area contributed by atoms with Gasteiger partial charge in [-0.2, -0.15) is 0 Å². The predicted octanol–water partition coefficient (Wildman–Crippen LogP) is 2.73. The molecule has 136 valence electrons. The zero-order chi connectivity index (χ0) is 18.7. The van der Waals surface area contributed by atoms with Crippen LogP contribution in [0.2, 0.25) is 0 Å². The molecular weight excluding hydrogens is 332 g/mol. The summed E-state index contributed by atoms with van der Waals surface area (Å²) in [6.07, 6.45) is -0.823. The molecule has 1 atom stereocenters. The van der Waals surface area contributed by atoms with Crippen molar-refractivity contribution in [1.29, 1.82) is 0 Å². The summed E-state index contributed by atoms with van der Waals surface area (Å²) < 4.78 is 8.19. The second-order valence-electron chi connectivity index (χ2n) is 5.99. The van der Waals surface area contributed by atoms with E-state index in [1.54, 1.807) is 29.7 Å². The van der Waals surface area contributed by atoms with Crippen LogP contribution in [0.5, 0.6) is 0 Å². The molecule has 3 rings (SSSR count).